The van der Waals surface area contributed by atoms with E-state index in [-0.39, 0.29) is 6.04 Å². The fourth-order valence-electron chi connectivity index (χ4n) is 1.74. The predicted molar refractivity (Wildman–Crippen MR) is 66.9 cm³/mol. The van der Waals surface area contributed by atoms with E-state index >= 15 is 0 Å². The predicted octanol–water partition coefficient (Wildman–Crippen LogP) is 1.97. The van der Waals surface area contributed by atoms with E-state index in [2.05, 4.69) is 24.5 Å². The maximum Gasteiger partial charge on any atom is 0.326 e. The van der Waals surface area contributed by atoms with Crippen LogP contribution in [0.5, 0.6) is 0 Å². The van der Waals surface area contributed by atoms with Crippen LogP contribution in [0.4, 0.5) is 4.79 Å². The molecule has 5 heteroatoms. The Morgan fingerprint density at radius 2 is 1.76 bits per heavy atom. The second-order valence-corrected chi connectivity index (χ2v) is 4.83. The van der Waals surface area contributed by atoms with Crippen molar-refractivity contribution in [3.05, 3.63) is 0 Å². The molecule has 0 radical (unpaired) electrons. The molecule has 0 spiro atoms. The Morgan fingerprint density at radius 3 is 2.18 bits per heavy atom. The average molecular weight is 244 g/mol. The van der Waals surface area contributed by atoms with Crippen molar-refractivity contribution >= 4 is 12.0 Å². The summed E-state index contributed by atoms with van der Waals surface area (Å²) in [6, 6.07) is -1.16. The topological polar surface area (TPSA) is 78.4 Å². The van der Waals surface area contributed by atoms with Gasteiger partial charge in [-0.1, -0.05) is 27.2 Å². The van der Waals surface area contributed by atoms with Crippen molar-refractivity contribution < 1.29 is 14.7 Å². The molecule has 0 aliphatic rings. The molecule has 17 heavy (non-hydrogen) atoms. The molecular weight excluding hydrogens is 220 g/mol. The van der Waals surface area contributed by atoms with E-state index < -0.39 is 18.0 Å². The van der Waals surface area contributed by atoms with Gasteiger partial charge in [0.15, 0.2) is 0 Å². The van der Waals surface area contributed by atoms with Gasteiger partial charge in [0.2, 0.25) is 0 Å². The lowest BCUT2D eigenvalue weighted by Crippen LogP contribution is -2.48. The Bertz CT molecular complexity index is 254. The van der Waals surface area contributed by atoms with E-state index in [1.165, 1.54) is 0 Å². The molecule has 0 aromatic heterocycles. The number of amides is 2. The molecule has 100 valence electrons. The molecule has 0 fully saturated rings. The largest absolute Gasteiger partial charge is 0.480 e. The van der Waals surface area contributed by atoms with Crippen molar-refractivity contribution in [1.29, 1.82) is 0 Å². The number of urea groups is 1. The van der Waals surface area contributed by atoms with Crippen LogP contribution in [0.15, 0.2) is 0 Å². The first kappa shape index (κ1) is 15.7. The number of carbonyl (C=O) groups is 2. The lowest BCUT2D eigenvalue weighted by Gasteiger charge is -2.19. The van der Waals surface area contributed by atoms with Crippen LogP contribution < -0.4 is 10.6 Å². The highest BCUT2D eigenvalue weighted by atomic mass is 16.4. The highest BCUT2D eigenvalue weighted by Crippen LogP contribution is 2.03. The molecular formula is C12H24N2O3. The molecule has 3 N–H and O–H groups in total. The molecule has 5 nitrogen and oxygen atoms in total. The number of aliphatic carboxylic acids is 1. The van der Waals surface area contributed by atoms with Crippen molar-refractivity contribution in [2.45, 2.75) is 59.0 Å². The third kappa shape index (κ3) is 7.60. The van der Waals surface area contributed by atoms with E-state index in [9.17, 15) is 9.59 Å². The molecule has 2 amide bonds. The third-order valence-electron chi connectivity index (χ3n) is 2.38. The van der Waals surface area contributed by atoms with Crippen molar-refractivity contribution in [3.8, 4) is 0 Å². The molecule has 0 aliphatic heterocycles. The minimum absolute atomic E-state index is 0.0473. The minimum atomic E-state index is -0.987. The van der Waals surface area contributed by atoms with Gasteiger partial charge >= 0.3 is 12.0 Å². The Labute approximate surface area is 103 Å². The molecule has 0 rings (SSSR count). The van der Waals surface area contributed by atoms with Gasteiger partial charge < -0.3 is 15.7 Å². The van der Waals surface area contributed by atoms with Crippen LogP contribution >= 0.6 is 0 Å². The first-order valence-electron chi connectivity index (χ1n) is 6.16. The van der Waals surface area contributed by atoms with Gasteiger partial charge in [-0.2, -0.15) is 0 Å². The molecule has 0 saturated carbocycles. The van der Waals surface area contributed by atoms with Crippen molar-refractivity contribution in [1.82, 2.24) is 10.6 Å². The zero-order chi connectivity index (χ0) is 13.4. The van der Waals surface area contributed by atoms with Gasteiger partial charge in [0.25, 0.3) is 0 Å². The van der Waals surface area contributed by atoms with E-state index in [1.54, 1.807) is 0 Å². The molecule has 2 atom stereocenters. The summed E-state index contributed by atoms with van der Waals surface area (Å²) < 4.78 is 0. The van der Waals surface area contributed by atoms with Gasteiger partial charge in [-0.3, -0.25) is 0 Å². The number of carboxylic acids is 1. The van der Waals surface area contributed by atoms with Gasteiger partial charge in [-0.25, -0.2) is 9.59 Å². The Hall–Kier alpha value is -1.26. The van der Waals surface area contributed by atoms with Crippen molar-refractivity contribution in [2.75, 3.05) is 0 Å². The monoisotopic (exact) mass is 244 g/mol. The molecule has 1 unspecified atom stereocenters. The molecule has 0 aliphatic carbocycles. The smallest absolute Gasteiger partial charge is 0.326 e. The number of nitrogens with one attached hydrogen (secondary N) is 2. The third-order valence-corrected chi connectivity index (χ3v) is 2.38. The highest BCUT2D eigenvalue weighted by Gasteiger charge is 2.19. The number of rotatable bonds is 7. The second-order valence-electron chi connectivity index (χ2n) is 4.83. The van der Waals surface area contributed by atoms with E-state index in [4.69, 9.17) is 5.11 Å². The molecule has 0 saturated heterocycles. The quantitative estimate of drug-likeness (QED) is 0.640. The van der Waals surface area contributed by atoms with Crippen molar-refractivity contribution in [2.24, 2.45) is 5.92 Å². The van der Waals surface area contributed by atoms with Gasteiger partial charge in [0, 0.05) is 6.04 Å². The van der Waals surface area contributed by atoms with Gasteiger partial charge in [0.1, 0.15) is 6.04 Å². The van der Waals surface area contributed by atoms with Crippen LogP contribution in [0.1, 0.15) is 47.0 Å². The van der Waals surface area contributed by atoms with Gasteiger partial charge in [-0.15, -0.1) is 0 Å². The Kier molecular flexibility index (Phi) is 7.34. The summed E-state index contributed by atoms with van der Waals surface area (Å²) >= 11 is 0. The maximum atomic E-state index is 11.5. The summed E-state index contributed by atoms with van der Waals surface area (Å²) in [4.78, 5) is 22.4. The summed E-state index contributed by atoms with van der Waals surface area (Å²) in [6.07, 6.45) is 2.04. The fourth-order valence-corrected chi connectivity index (χ4v) is 1.74. The van der Waals surface area contributed by atoms with Crippen LogP contribution in [-0.4, -0.2) is 29.2 Å². The zero-order valence-electron chi connectivity index (χ0n) is 11.1. The summed E-state index contributed by atoms with van der Waals surface area (Å²) in [5.74, 6) is -0.491. The van der Waals surface area contributed by atoms with Crippen LogP contribution in [-0.2, 0) is 4.79 Å². The Morgan fingerprint density at radius 1 is 1.18 bits per heavy atom. The number of carboxylic acid groups (broad SMARTS) is 1. The fraction of sp³-hybridized carbons (Fsp3) is 0.833. The molecule has 0 bridgehead atoms. The molecule has 0 aromatic rings. The Balaban J connectivity index is 4.09. The van der Waals surface area contributed by atoms with E-state index in [0.29, 0.717) is 12.3 Å². The maximum absolute atomic E-state index is 11.5. The van der Waals surface area contributed by atoms with Gasteiger partial charge in [0.05, 0.1) is 0 Å². The first-order valence-corrected chi connectivity index (χ1v) is 6.16. The summed E-state index contributed by atoms with van der Waals surface area (Å²) in [6.45, 7) is 7.95. The van der Waals surface area contributed by atoms with Crippen molar-refractivity contribution in [3.63, 3.8) is 0 Å². The van der Waals surface area contributed by atoms with Crippen LogP contribution in [0, 0.1) is 5.92 Å². The average Bonchev–Trinajstić information content (AvgIpc) is 2.14. The lowest BCUT2D eigenvalue weighted by atomic mass is 10.1. The number of hydrogen-bond acceptors (Lipinski definition) is 2. The molecule has 0 heterocycles. The normalized spacial score (nSPS) is 14.2. The molecule has 0 aromatic carbocycles. The van der Waals surface area contributed by atoms with E-state index in [1.807, 2.05) is 13.8 Å². The van der Waals surface area contributed by atoms with Gasteiger partial charge in [-0.05, 0) is 25.7 Å². The minimum Gasteiger partial charge on any atom is -0.480 e. The zero-order valence-corrected chi connectivity index (χ0v) is 11.1. The standard InChI is InChI=1S/C12H24N2O3/c1-5-6-10(11(15)16)14-12(17)13-9(4)7-8(2)3/h8-10H,5-7H2,1-4H3,(H,15,16)(H2,13,14,17)/t9?,10-/m0/s1. The lowest BCUT2D eigenvalue weighted by molar-refractivity contribution is -0.139. The van der Waals surface area contributed by atoms with Crippen LogP contribution in [0.2, 0.25) is 0 Å². The second kappa shape index (κ2) is 7.92. The first-order chi connectivity index (χ1) is 7.86. The van der Waals surface area contributed by atoms with Crippen LogP contribution in [0.25, 0.3) is 0 Å². The summed E-state index contributed by atoms with van der Waals surface area (Å²) in [7, 11) is 0. The van der Waals surface area contributed by atoms with E-state index in [0.717, 1.165) is 12.8 Å². The SMILES string of the molecule is CCC[C@H](NC(=O)NC(C)CC(C)C)C(=O)O. The van der Waals surface area contributed by atoms with Crippen LogP contribution in [0.3, 0.4) is 0 Å². The highest BCUT2D eigenvalue weighted by molar-refractivity contribution is 5.82. The summed E-state index contributed by atoms with van der Waals surface area (Å²) in [5, 5.41) is 14.1. The summed E-state index contributed by atoms with van der Waals surface area (Å²) in [5.41, 5.74) is 0. The number of carbonyl (C=O) groups excluding carboxylic acids is 1. The number of hydrogen-bond donors (Lipinski definition) is 3.